The molecule has 1 aromatic heterocycles. The molecule has 0 saturated heterocycles. The molecule has 4 unspecified atom stereocenters. The van der Waals surface area contributed by atoms with Crippen LogP contribution >= 0.6 is 11.3 Å². The molecule has 10 nitrogen and oxygen atoms in total. The van der Waals surface area contributed by atoms with Gasteiger partial charge in [0.05, 0.1) is 12.2 Å². The van der Waals surface area contributed by atoms with Gasteiger partial charge in [0.25, 0.3) is 0 Å². The molecule has 0 aliphatic heterocycles. The van der Waals surface area contributed by atoms with Crippen molar-refractivity contribution in [3.63, 3.8) is 0 Å². The number of rotatable bonds is 17. The Morgan fingerprint density at radius 3 is 2.53 bits per heavy atom. The van der Waals surface area contributed by atoms with Crippen LogP contribution in [0.4, 0.5) is 18.3 Å². The Hall–Kier alpha value is -4.17. The van der Waals surface area contributed by atoms with Crippen molar-refractivity contribution in [3.8, 4) is 0 Å². The van der Waals surface area contributed by atoms with Crippen LogP contribution in [0.2, 0.25) is 0 Å². The van der Waals surface area contributed by atoms with Gasteiger partial charge >= 0.3 is 6.18 Å². The SMILES string of the molecule is COC(CC1=CC(C(C)NC(=O)CC(F)(F)F)C(C)C=C1)N/C(N)=C/C=C(\N)CCCCc1nnc(NC(=O)Cc2ccccc2)s1. The topological polar surface area (TPSA) is 157 Å². The number of carbonyl (C=O) groups is 2. The molecule has 0 radical (unpaired) electrons. The number of nitrogens with zero attached hydrogens (tertiary/aromatic N) is 2. The molecule has 2 aromatic rings. The largest absolute Gasteiger partial charge is 0.402 e. The molecule has 7 N–H and O–H groups in total. The van der Waals surface area contributed by atoms with Crippen LogP contribution in [-0.2, 0) is 27.2 Å². The van der Waals surface area contributed by atoms with Gasteiger partial charge in [-0.05, 0) is 55.4 Å². The van der Waals surface area contributed by atoms with Gasteiger partial charge in [-0.15, -0.1) is 10.2 Å². The second-order valence-electron chi connectivity index (χ2n) is 11.5. The minimum absolute atomic E-state index is 0.0283. The molecule has 47 heavy (non-hydrogen) atoms. The number of halogens is 3. The standard InChI is InChI=1S/C33H44F3N7O3S/c1-21-13-14-24(17-26(21)22(2)39-29(45)20-33(34,35)36)19-30(46-3)40-27(38)16-15-25(37)11-7-8-12-31-42-43-32(47-31)41-28(44)18-23-9-5-4-6-10-23/h4-6,9-10,13-17,21-22,26,30,40H,7-8,11-12,18-20,37-38H2,1-3H3,(H,39,45)(H,41,43,44)/b25-15-,27-16+. The van der Waals surface area contributed by atoms with Gasteiger partial charge in [-0.3, -0.25) is 9.59 Å². The summed E-state index contributed by atoms with van der Waals surface area (Å²) >= 11 is 1.36. The number of alkyl halides is 3. The van der Waals surface area contributed by atoms with Crippen LogP contribution in [0.25, 0.3) is 0 Å². The number of hydrogen-bond acceptors (Lipinski definition) is 9. The summed E-state index contributed by atoms with van der Waals surface area (Å²) in [5.41, 5.74) is 14.8. The number of allylic oxidation sites excluding steroid dienone is 5. The summed E-state index contributed by atoms with van der Waals surface area (Å²) in [4.78, 5) is 24.1. The van der Waals surface area contributed by atoms with Crippen molar-refractivity contribution in [1.82, 2.24) is 20.8 Å². The first-order chi connectivity index (χ1) is 22.3. The third-order valence-electron chi connectivity index (χ3n) is 7.49. The Kier molecular flexibility index (Phi) is 14.5. The van der Waals surface area contributed by atoms with Gasteiger partial charge in [0.15, 0.2) is 0 Å². The van der Waals surface area contributed by atoms with Crippen LogP contribution in [0.5, 0.6) is 0 Å². The number of unbranched alkanes of at least 4 members (excludes halogenated alkanes) is 1. The number of amides is 2. The van der Waals surface area contributed by atoms with Crippen LogP contribution < -0.4 is 27.4 Å². The molecule has 0 saturated carbocycles. The third kappa shape index (κ3) is 14.0. The number of hydrogen-bond donors (Lipinski definition) is 5. The van der Waals surface area contributed by atoms with Gasteiger partial charge in [-0.2, -0.15) is 13.2 Å². The average Bonchev–Trinajstić information content (AvgIpc) is 3.45. The number of aromatic nitrogens is 2. The summed E-state index contributed by atoms with van der Waals surface area (Å²) in [7, 11) is 1.54. The van der Waals surface area contributed by atoms with Gasteiger partial charge in [0, 0.05) is 37.6 Å². The third-order valence-corrected chi connectivity index (χ3v) is 8.39. The second-order valence-corrected chi connectivity index (χ2v) is 12.6. The highest BCUT2D eigenvalue weighted by Crippen LogP contribution is 2.28. The van der Waals surface area contributed by atoms with Gasteiger partial charge in [0.1, 0.15) is 17.7 Å². The number of methoxy groups -OCH3 is 1. The molecule has 1 heterocycles. The number of carbonyl (C=O) groups excluding carboxylic acids is 2. The molecule has 0 fully saturated rings. The van der Waals surface area contributed by atoms with Crippen molar-refractivity contribution < 1.29 is 27.5 Å². The predicted octanol–water partition coefficient (Wildman–Crippen LogP) is 5.23. The van der Waals surface area contributed by atoms with Gasteiger partial charge in [-0.1, -0.05) is 66.8 Å². The lowest BCUT2D eigenvalue weighted by molar-refractivity contribution is -0.154. The fourth-order valence-electron chi connectivity index (χ4n) is 5.05. The zero-order valence-electron chi connectivity index (χ0n) is 26.8. The van der Waals surface area contributed by atoms with Gasteiger partial charge in [-0.25, -0.2) is 0 Å². The van der Waals surface area contributed by atoms with Crippen molar-refractivity contribution in [3.05, 3.63) is 88.4 Å². The zero-order chi connectivity index (χ0) is 34.4. The summed E-state index contributed by atoms with van der Waals surface area (Å²) in [5.74, 6) is -0.978. The monoisotopic (exact) mass is 675 g/mol. The van der Waals surface area contributed by atoms with E-state index in [9.17, 15) is 22.8 Å². The summed E-state index contributed by atoms with van der Waals surface area (Å²) in [5, 5.41) is 17.9. The highest BCUT2D eigenvalue weighted by atomic mass is 32.1. The Labute approximate surface area is 277 Å². The molecule has 4 atom stereocenters. The molecule has 256 valence electrons. The molecule has 14 heteroatoms. The molecule has 1 aliphatic carbocycles. The number of nitrogens with one attached hydrogen (secondary N) is 3. The highest BCUT2D eigenvalue weighted by molar-refractivity contribution is 7.15. The minimum atomic E-state index is -4.55. The van der Waals surface area contributed by atoms with E-state index in [0.29, 0.717) is 29.5 Å². The van der Waals surface area contributed by atoms with E-state index in [0.717, 1.165) is 35.4 Å². The van der Waals surface area contributed by atoms with Gasteiger partial charge < -0.3 is 32.2 Å². The minimum Gasteiger partial charge on any atom is -0.402 e. The number of nitrogens with two attached hydrogens (primary N) is 2. The molecule has 0 spiro atoms. The second kappa shape index (κ2) is 18.2. The quantitative estimate of drug-likeness (QED) is 0.0867. The molecular weight excluding hydrogens is 631 g/mol. The van der Waals surface area contributed by atoms with Crippen LogP contribution in [-0.4, -0.2) is 47.6 Å². The van der Waals surface area contributed by atoms with E-state index in [4.69, 9.17) is 16.2 Å². The van der Waals surface area contributed by atoms with Crippen LogP contribution in [0.3, 0.4) is 0 Å². The van der Waals surface area contributed by atoms with Crippen molar-refractivity contribution in [2.75, 3.05) is 12.4 Å². The molecular formula is C33H44F3N7O3S. The Balaban J connectivity index is 1.41. The number of anilines is 1. The first kappa shape index (κ1) is 37.3. The van der Waals surface area contributed by atoms with Crippen LogP contribution in [0, 0.1) is 11.8 Å². The van der Waals surface area contributed by atoms with E-state index < -0.39 is 30.8 Å². The Morgan fingerprint density at radius 1 is 1.09 bits per heavy atom. The number of ether oxygens (including phenoxy) is 1. The van der Waals surface area contributed by atoms with Crippen molar-refractivity contribution >= 4 is 28.3 Å². The Morgan fingerprint density at radius 2 is 1.83 bits per heavy atom. The van der Waals surface area contributed by atoms with E-state index in [2.05, 4.69) is 26.1 Å². The molecule has 3 rings (SSSR count). The van der Waals surface area contributed by atoms with E-state index in [-0.39, 0.29) is 24.2 Å². The predicted molar refractivity (Wildman–Crippen MR) is 177 cm³/mol. The molecule has 1 aromatic carbocycles. The lowest BCUT2D eigenvalue weighted by Gasteiger charge is -2.30. The maximum atomic E-state index is 12.6. The van der Waals surface area contributed by atoms with E-state index in [1.807, 2.05) is 55.5 Å². The Bertz CT molecular complexity index is 1440. The van der Waals surface area contributed by atoms with E-state index in [1.165, 1.54) is 11.3 Å². The highest BCUT2D eigenvalue weighted by Gasteiger charge is 2.33. The van der Waals surface area contributed by atoms with Gasteiger partial charge in [0.2, 0.25) is 16.9 Å². The molecule has 0 bridgehead atoms. The first-order valence-corrected chi connectivity index (χ1v) is 16.2. The maximum absolute atomic E-state index is 12.6. The van der Waals surface area contributed by atoms with E-state index >= 15 is 0 Å². The first-order valence-electron chi connectivity index (χ1n) is 15.4. The lowest BCUT2D eigenvalue weighted by atomic mass is 9.81. The molecule has 2 amide bonds. The zero-order valence-corrected chi connectivity index (χ0v) is 27.7. The average molecular weight is 676 g/mol. The van der Waals surface area contributed by atoms with E-state index in [1.54, 1.807) is 26.2 Å². The van der Waals surface area contributed by atoms with Crippen LogP contribution in [0.15, 0.2) is 77.8 Å². The molecule has 1 aliphatic rings. The lowest BCUT2D eigenvalue weighted by Crippen LogP contribution is -2.41. The number of aryl methyl sites for hydroxylation is 1. The van der Waals surface area contributed by atoms with Crippen LogP contribution in [0.1, 0.15) is 56.5 Å². The fraction of sp³-hybridized carbons (Fsp3) is 0.455. The van der Waals surface area contributed by atoms with Crippen molar-refractivity contribution in [2.24, 2.45) is 23.3 Å². The summed E-state index contributed by atoms with van der Waals surface area (Å²) < 4.78 is 43.3. The normalized spacial score (nSPS) is 18.3. The summed E-state index contributed by atoms with van der Waals surface area (Å²) in [6, 6.07) is 9.01. The van der Waals surface area contributed by atoms with Crippen molar-refractivity contribution in [1.29, 1.82) is 0 Å². The summed E-state index contributed by atoms with van der Waals surface area (Å²) in [6.07, 6.45) is 6.52. The smallest absolute Gasteiger partial charge is 0.397 e. The number of benzene rings is 1. The maximum Gasteiger partial charge on any atom is 0.397 e. The van der Waals surface area contributed by atoms with Crippen molar-refractivity contribution in [2.45, 2.75) is 77.2 Å². The summed E-state index contributed by atoms with van der Waals surface area (Å²) in [6.45, 7) is 3.65. The fourth-order valence-corrected chi connectivity index (χ4v) is 5.85.